The average molecular weight is 492 g/mol. The molecule has 7 atom stereocenters. The zero-order chi connectivity index (χ0) is 25.8. The highest BCUT2D eigenvalue weighted by molar-refractivity contribution is 5.68. The van der Waals surface area contributed by atoms with Gasteiger partial charge in [-0.1, -0.05) is 12.1 Å². The molecule has 34 heavy (non-hydrogen) atoms. The van der Waals surface area contributed by atoms with Gasteiger partial charge in [0.15, 0.2) is 18.3 Å². The van der Waals surface area contributed by atoms with Crippen molar-refractivity contribution >= 4 is 17.9 Å². The van der Waals surface area contributed by atoms with Gasteiger partial charge >= 0.3 is 24.1 Å². The standard InChI is InChI=1S/C22H27F3O9/c1-10-19(32-11(2)26)21(34-13(4)28)20(33-12(3)27)17(31-10)9-16(29)18(30)14-6-5-7-15(8-14)22(23,24)25/h5-8,10,16-21,29-30H,9H2,1-4H3/t10-,16?,17?,18?,19-,20-,21+/m0/s1. The SMILES string of the molecule is CC(=O)O[C@@H]1[C@@H](OC(C)=O)[C@@H](OC(C)=O)C(CC(O)C(O)c2cccc(C(F)(F)F)c2)O[C@H]1C. The Bertz CT molecular complexity index is 889. The second kappa shape index (κ2) is 11.2. The van der Waals surface area contributed by atoms with E-state index in [-0.39, 0.29) is 5.56 Å². The molecule has 9 nitrogen and oxygen atoms in total. The predicted molar refractivity (Wildman–Crippen MR) is 108 cm³/mol. The molecule has 0 saturated carbocycles. The van der Waals surface area contributed by atoms with Gasteiger partial charge in [0.2, 0.25) is 0 Å². The quantitative estimate of drug-likeness (QED) is 0.434. The zero-order valence-corrected chi connectivity index (χ0v) is 18.9. The fourth-order valence-electron chi connectivity index (χ4n) is 3.79. The van der Waals surface area contributed by atoms with Crippen molar-refractivity contribution in [3.05, 3.63) is 35.4 Å². The van der Waals surface area contributed by atoms with E-state index in [1.54, 1.807) is 0 Å². The van der Waals surface area contributed by atoms with Crippen LogP contribution in [0.3, 0.4) is 0 Å². The van der Waals surface area contributed by atoms with E-state index in [1.807, 2.05) is 0 Å². The predicted octanol–water partition coefficient (Wildman–Crippen LogP) is 2.07. The lowest BCUT2D eigenvalue weighted by molar-refractivity contribution is -0.248. The van der Waals surface area contributed by atoms with Gasteiger partial charge in [0.25, 0.3) is 0 Å². The van der Waals surface area contributed by atoms with Crippen LogP contribution >= 0.6 is 0 Å². The van der Waals surface area contributed by atoms with E-state index in [1.165, 1.54) is 13.0 Å². The molecule has 0 radical (unpaired) electrons. The third-order valence-corrected chi connectivity index (χ3v) is 5.17. The highest BCUT2D eigenvalue weighted by Crippen LogP contribution is 2.34. The molecule has 1 aromatic rings. The van der Waals surface area contributed by atoms with E-state index in [9.17, 15) is 37.8 Å². The molecule has 3 unspecified atom stereocenters. The first-order valence-corrected chi connectivity index (χ1v) is 10.4. The summed E-state index contributed by atoms with van der Waals surface area (Å²) < 4.78 is 60.5. The van der Waals surface area contributed by atoms with Crippen LogP contribution in [0, 0.1) is 0 Å². The van der Waals surface area contributed by atoms with Gasteiger partial charge in [-0.2, -0.15) is 13.2 Å². The van der Waals surface area contributed by atoms with Crippen LogP contribution in [0.5, 0.6) is 0 Å². The smallest absolute Gasteiger partial charge is 0.416 e. The van der Waals surface area contributed by atoms with Crippen LogP contribution < -0.4 is 0 Å². The Balaban J connectivity index is 2.31. The van der Waals surface area contributed by atoms with Gasteiger partial charge in [-0.15, -0.1) is 0 Å². The summed E-state index contributed by atoms with van der Waals surface area (Å²) in [7, 11) is 0. The van der Waals surface area contributed by atoms with Crippen molar-refractivity contribution in [1.82, 2.24) is 0 Å². The normalized spacial score (nSPS) is 26.8. The molecule has 1 aromatic carbocycles. The molecule has 0 bridgehead atoms. The number of carbonyl (C=O) groups is 3. The Morgan fingerprint density at radius 3 is 2.03 bits per heavy atom. The van der Waals surface area contributed by atoms with Crippen molar-refractivity contribution in [3.63, 3.8) is 0 Å². The molecule has 1 aliphatic rings. The van der Waals surface area contributed by atoms with Crippen LogP contribution in [-0.4, -0.2) is 64.7 Å². The van der Waals surface area contributed by atoms with Gasteiger partial charge in [-0.05, 0) is 24.6 Å². The summed E-state index contributed by atoms with van der Waals surface area (Å²) in [5.41, 5.74) is -1.19. The molecule has 0 spiro atoms. The average Bonchev–Trinajstić information content (AvgIpc) is 2.71. The van der Waals surface area contributed by atoms with Gasteiger partial charge in [0.1, 0.15) is 12.2 Å². The van der Waals surface area contributed by atoms with E-state index in [0.717, 1.165) is 32.9 Å². The first kappa shape index (κ1) is 27.5. The summed E-state index contributed by atoms with van der Waals surface area (Å²) in [6.07, 6.45) is -14.3. The van der Waals surface area contributed by atoms with Crippen LogP contribution in [0.25, 0.3) is 0 Å². The number of carbonyl (C=O) groups excluding carboxylic acids is 3. The van der Waals surface area contributed by atoms with Gasteiger partial charge < -0.3 is 29.2 Å². The molecular weight excluding hydrogens is 465 g/mol. The van der Waals surface area contributed by atoms with E-state index >= 15 is 0 Å². The summed E-state index contributed by atoms with van der Waals surface area (Å²) in [5, 5.41) is 21.1. The van der Waals surface area contributed by atoms with Crippen LogP contribution in [-0.2, 0) is 39.5 Å². The topological polar surface area (TPSA) is 129 Å². The Morgan fingerprint density at radius 2 is 1.50 bits per heavy atom. The lowest BCUT2D eigenvalue weighted by Crippen LogP contribution is -2.61. The maximum absolute atomic E-state index is 13.0. The Kier molecular flexibility index (Phi) is 9.03. The number of esters is 3. The summed E-state index contributed by atoms with van der Waals surface area (Å²) in [6, 6.07) is 3.84. The molecule has 2 rings (SSSR count). The molecule has 1 aliphatic heterocycles. The van der Waals surface area contributed by atoms with E-state index in [0.29, 0.717) is 6.07 Å². The van der Waals surface area contributed by atoms with E-state index in [2.05, 4.69) is 0 Å². The van der Waals surface area contributed by atoms with Crippen molar-refractivity contribution in [3.8, 4) is 0 Å². The Morgan fingerprint density at radius 1 is 0.971 bits per heavy atom. The number of aliphatic hydroxyl groups is 2. The minimum atomic E-state index is -4.65. The largest absolute Gasteiger partial charge is 0.456 e. The third kappa shape index (κ3) is 7.15. The lowest BCUT2D eigenvalue weighted by Gasteiger charge is -2.44. The van der Waals surface area contributed by atoms with Crippen molar-refractivity contribution in [2.45, 2.75) is 83.0 Å². The number of benzene rings is 1. The number of hydrogen-bond donors (Lipinski definition) is 2. The molecule has 0 amide bonds. The minimum Gasteiger partial charge on any atom is -0.456 e. The second-order valence-electron chi connectivity index (χ2n) is 7.97. The monoisotopic (exact) mass is 492 g/mol. The minimum absolute atomic E-state index is 0.190. The molecule has 2 N–H and O–H groups in total. The molecule has 1 fully saturated rings. The van der Waals surface area contributed by atoms with Gasteiger partial charge in [0, 0.05) is 27.2 Å². The van der Waals surface area contributed by atoms with Gasteiger partial charge in [0.05, 0.1) is 17.8 Å². The van der Waals surface area contributed by atoms with Crippen LogP contribution in [0.2, 0.25) is 0 Å². The van der Waals surface area contributed by atoms with Crippen molar-refractivity contribution in [1.29, 1.82) is 0 Å². The number of aliphatic hydroxyl groups excluding tert-OH is 2. The highest BCUT2D eigenvalue weighted by Gasteiger charge is 2.50. The van der Waals surface area contributed by atoms with E-state index < -0.39 is 78.8 Å². The third-order valence-electron chi connectivity index (χ3n) is 5.17. The molecule has 1 heterocycles. The zero-order valence-electron chi connectivity index (χ0n) is 18.9. The molecule has 0 aromatic heterocycles. The van der Waals surface area contributed by atoms with Gasteiger partial charge in [-0.3, -0.25) is 14.4 Å². The summed E-state index contributed by atoms with van der Waals surface area (Å²) >= 11 is 0. The molecular formula is C22H27F3O9. The number of halogens is 3. The maximum atomic E-state index is 13.0. The number of alkyl halides is 3. The molecule has 190 valence electrons. The highest BCUT2D eigenvalue weighted by atomic mass is 19.4. The van der Waals surface area contributed by atoms with Crippen molar-refractivity contribution in [2.24, 2.45) is 0 Å². The molecule has 12 heteroatoms. The maximum Gasteiger partial charge on any atom is 0.416 e. The fourth-order valence-corrected chi connectivity index (χ4v) is 3.79. The van der Waals surface area contributed by atoms with Crippen LogP contribution in [0.15, 0.2) is 24.3 Å². The Hall–Kier alpha value is -2.70. The second-order valence-corrected chi connectivity index (χ2v) is 7.97. The number of ether oxygens (including phenoxy) is 4. The van der Waals surface area contributed by atoms with Crippen molar-refractivity contribution < 1.29 is 56.7 Å². The number of hydrogen-bond acceptors (Lipinski definition) is 9. The van der Waals surface area contributed by atoms with Crippen LogP contribution in [0.1, 0.15) is 51.3 Å². The first-order chi connectivity index (χ1) is 15.7. The number of rotatable bonds is 7. The van der Waals surface area contributed by atoms with Crippen LogP contribution in [0.4, 0.5) is 13.2 Å². The first-order valence-electron chi connectivity index (χ1n) is 10.4. The fraction of sp³-hybridized carbons (Fsp3) is 0.591. The van der Waals surface area contributed by atoms with Crippen molar-refractivity contribution in [2.75, 3.05) is 0 Å². The summed E-state index contributed by atoms with van der Waals surface area (Å²) in [5.74, 6) is -2.27. The summed E-state index contributed by atoms with van der Waals surface area (Å²) in [4.78, 5) is 35.0. The summed E-state index contributed by atoms with van der Waals surface area (Å²) in [6.45, 7) is 4.79. The molecule has 0 aliphatic carbocycles. The lowest BCUT2D eigenvalue weighted by atomic mass is 9.89. The Labute approximate surface area is 193 Å². The van der Waals surface area contributed by atoms with Gasteiger partial charge in [-0.25, -0.2) is 0 Å². The molecule has 1 saturated heterocycles. The van der Waals surface area contributed by atoms with E-state index in [4.69, 9.17) is 18.9 Å².